The summed E-state index contributed by atoms with van der Waals surface area (Å²) < 4.78 is 1.67. The Morgan fingerprint density at radius 3 is 2.74 bits per heavy atom. The Bertz CT molecular complexity index is 551. The molecule has 19 heavy (non-hydrogen) atoms. The first kappa shape index (κ1) is 13.1. The quantitative estimate of drug-likeness (QED) is 0.609. The molecule has 1 aromatic carbocycles. The number of rotatable bonds is 6. The maximum Gasteiger partial charge on any atom is 0.269 e. The summed E-state index contributed by atoms with van der Waals surface area (Å²) in [7, 11) is 0. The van der Waals surface area contributed by atoms with Gasteiger partial charge < -0.3 is 5.32 Å². The van der Waals surface area contributed by atoms with Crippen molar-refractivity contribution >= 4 is 5.69 Å². The molecule has 1 aromatic heterocycles. The number of nitro benzene ring substituents is 1. The second-order valence-electron chi connectivity index (χ2n) is 3.96. The fraction of sp³-hybridized carbons (Fsp3) is 0.364. The zero-order valence-electron chi connectivity index (χ0n) is 10.5. The maximum absolute atomic E-state index is 10.6. The molecule has 0 aliphatic rings. The van der Waals surface area contributed by atoms with Crippen LogP contribution in [0.3, 0.4) is 0 Å². The van der Waals surface area contributed by atoms with Gasteiger partial charge in [-0.1, -0.05) is 19.1 Å². The van der Waals surface area contributed by atoms with Gasteiger partial charge in [0.2, 0.25) is 0 Å². The van der Waals surface area contributed by atoms with Crippen LogP contribution in [-0.2, 0) is 13.1 Å². The van der Waals surface area contributed by atoms with Crippen molar-refractivity contribution in [2.24, 2.45) is 0 Å². The van der Waals surface area contributed by atoms with Gasteiger partial charge >= 0.3 is 0 Å². The van der Waals surface area contributed by atoms with Crippen molar-refractivity contribution in [2.45, 2.75) is 20.0 Å². The van der Waals surface area contributed by atoms with Crippen molar-refractivity contribution < 1.29 is 4.92 Å². The third-order valence-electron chi connectivity index (χ3n) is 2.62. The van der Waals surface area contributed by atoms with Gasteiger partial charge in [-0.3, -0.25) is 10.1 Å². The molecule has 100 valence electrons. The second-order valence-corrected chi connectivity index (χ2v) is 3.96. The summed E-state index contributed by atoms with van der Waals surface area (Å²) >= 11 is 0. The number of hydrogen-bond acceptors (Lipinski definition) is 6. The first-order valence-corrected chi connectivity index (χ1v) is 5.89. The van der Waals surface area contributed by atoms with Crippen molar-refractivity contribution in [1.29, 1.82) is 0 Å². The first-order chi connectivity index (χ1) is 9.20. The lowest BCUT2D eigenvalue weighted by molar-refractivity contribution is -0.384. The van der Waals surface area contributed by atoms with E-state index in [1.54, 1.807) is 16.8 Å². The van der Waals surface area contributed by atoms with E-state index in [0.717, 1.165) is 17.9 Å². The van der Waals surface area contributed by atoms with Crippen LogP contribution in [0.2, 0.25) is 0 Å². The third kappa shape index (κ3) is 3.32. The minimum atomic E-state index is -0.419. The Labute approximate surface area is 109 Å². The van der Waals surface area contributed by atoms with Crippen molar-refractivity contribution in [2.75, 3.05) is 6.54 Å². The zero-order valence-corrected chi connectivity index (χ0v) is 10.5. The smallest absolute Gasteiger partial charge is 0.269 e. The van der Waals surface area contributed by atoms with Gasteiger partial charge in [0.25, 0.3) is 5.69 Å². The molecule has 1 heterocycles. The lowest BCUT2D eigenvalue weighted by atomic mass is 10.2. The number of tetrazole rings is 1. The van der Waals surface area contributed by atoms with Crippen LogP contribution in [0.4, 0.5) is 5.69 Å². The summed E-state index contributed by atoms with van der Waals surface area (Å²) in [5.74, 6) is 0.736. The van der Waals surface area contributed by atoms with Crippen LogP contribution in [0.15, 0.2) is 24.3 Å². The predicted octanol–water partition coefficient (Wildman–Crippen LogP) is 0.739. The van der Waals surface area contributed by atoms with Gasteiger partial charge in [-0.05, 0) is 22.5 Å². The first-order valence-electron chi connectivity index (χ1n) is 5.89. The molecule has 0 atom stereocenters. The van der Waals surface area contributed by atoms with E-state index in [-0.39, 0.29) is 5.69 Å². The summed E-state index contributed by atoms with van der Waals surface area (Å²) in [5.41, 5.74) is 0.990. The highest BCUT2D eigenvalue weighted by Crippen LogP contribution is 2.12. The Morgan fingerprint density at radius 2 is 2.11 bits per heavy atom. The summed E-state index contributed by atoms with van der Waals surface area (Å²) in [6.07, 6.45) is 0. The average molecular weight is 262 g/mol. The van der Waals surface area contributed by atoms with E-state index >= 15 is 0 Å². The van der Waals surface area contributed by atoms with Gasteiger partial charge in [0.05, 0.1) is 18.0 Å². The van der Waals surface area contributed by atoms with Crippen molar-refractivity contribution in [1.82, 2.24) is 25.5 Å². The normalized spacial score (nSPS) is 10.6. The number of nitrogens with one attached hydrogen (secondary N) is 1. The van der Waals surface area contributed by atoms with Crippen LogP contribution >= 0.6 is 0 Å². The van der Waals surface area contributed by atoms with E-state index in [0.29, 0.717) is 13.1 Å². The van der Waals surface area contributed by atoms with E-state index in [1.165, 1.54) is 12.1 Å². The minimum absolute atomic E-state index is 0.0772. The highest BCUT2D eigenvalue weighted by molar-refractivity contribution is 5.32. The predicted molar refractivity (Wildman–Crippen MR) is 67.4 cm³/mol. The number of hydrogen-bond donors (Lipinski definition) is 1. The third-order valence-corrected chi connectivity index (χ3v) is 2.62. The average Bonchev–Trinajstić information content (AvgIpc) is 2.84. The molecule has 0 unspecified atom stereocenters. The van der Waals surface area contributed by atoms with Crippen LogP contribution in [0.25, 0.3) is 0 Å². The highest BCUT2D eigenvalue weighted by atomic mass is 16.6. The maximum atomic E-state index is 10.6. The Kier molecular flexibility index (Phi) is 4.14. The molecule has 0 amide bonds. The van der Waals surface area contributed by atoms with Crippen LogP contribution in [-0.4, -0.2) is 31.7 Å². The van der Waals surface area contributed by atoms with E-state index in [4.69, 9.17) is 0 Å². The van der Waals surface area contributed by atoms with Crippen LogP contribution < -0.4 is 5.32 Å². The van der Waals surface area contributed by atoms with Crippen molar-refractivity contribution in [3.63, 3.8) is 0 Å². The summed E-state index contributed by atoms with van der Waals surface area (Å²) in [4.78, 5) is 10.1. The molecule has 0 saturated heterocycles. The number of aromatic nitrogens is 4. The highest BCUT2D eigenvalue weighted by Gasteiger charge is 2.08. The summed E-state index contributed by atoms with van der Waals surface area (Å²) in [6, 6.07) is 6.36. The molecule has 1 N–H and O–H groups in total. The molecule has 8 nitrogen and oxygen atoms in total. The van der Waals surface area contributed by atoms with Gasteiger partial charge in [-0.15, -0.1) is 5.10 Å². The Balaban J connectivity index is 2.08. The number of benzene rings is 1. The standard InChI is InChI=1S/C11H14N6O2/c1-2-12-7-11-13-14-15-16(11)8-9-3-5-10(6-4-9)17(18)19/h3-6,12H,2,7-8H2,1H3. The zero-order chi connectivity index (χ0) is 13.7. The van der Waals surface area contributed by atoms with Gasteiger partial charge in [0.15, 0.2) is 5.82 Å². The lowest BCUT2D eigenvalue weighted by Crippen LogP contribution is -2.17. The van der Waals surface area contributed by atoms with Crippen LogP contribution in [0.1, 0.15) is 18.3 Å². The Hall–Kier alpha value is -2.35. The van der Waals surface area contributed by atoms with Gasteiger partial charge in [-0.25, -0.2) is 4.68 Å². The largest absolute Gasteiger partial charge is 0.310 e. The summed E-state index contributed by atoms with van der Waals surface area (Å²) in [6.45, 7) is 3.93. The molecule has 8 heteroatoms. The fourth-order valence-corrected chi connectivity index (χ4v) is 1.61. The summed E-state index contributed by atoms with van der Waals surface area (Å²) in [5, 5.41) is 25.2. The van der Waals surface area contributed by atoms with E-state index < -0.39 is 4.92 Å². The van der Waals surface area contributed by atoms with E-state index in [9.17, 15) is 10.1 Å². The number of non-ortho nitro benzene ring substituents is 1. The molecule has 0 spiro atoms. The van der Waals surface area contributed by atoms with Crippen molar-refractivity contribution in [3.05, 3.63) is 45.8 Å². The van der Waals surface area contributed by atoms with E-state index in [1.807, 2.05) is 6.92 Å². The second kappa shape index (κ2) is 6.01. The van der Waals surface area contributed by atoms with Gasteiger partial charge in [0.1, 0.15) is 0 Å². The molecule has 0 saturated carbocycles. The topological polar surface area (TPSA) is 98.8 Å². The molecule has 0 fully saturated rings. The van der Waals surface area contributed by atoms with Gasteiger partial charge in [0, 0.05) is 12.1 Å². The molecule has 2 aromatic rings. The minimum Gasteiger partial charge on any atom is -0.310 e. The molecule has 0 radical (unpaired) electrons. The molecular formula is C11H14N6O2. The molecule has 0 aliphatic heterocycles. The monoisotopic (exact) mass is 262 g/mol. The van der Waals surface area contributed by atoms with Crippen LogP contribution in [0, 0.1) is 10.1 Å². The molecule has 2 rings (SSSR count). The SMILES string of the molecule is CCNCc1nnnn1Cc1ccc([N+](=O)[O-])cc1. The van der Waals surface area contributed by atoms with Crippen molar-refractivity contribution in [3.8, 4) is 0 Å². The van der Waals surface area contributed by atoms with Gasteiger partial charge in [-0.2, -0.15) is 0 Å². The Morgan fingerprint density at radius 1 is 1.37 bits per heavy atom. The van der Waals surface area contributed by atoms with Crippen LogP contribution in [0.5, 0.6) is 0 Å². The van der Waals surface area contributed by atoms with E-state index in [2.05, 4.69) is 20.8 Å². The number of nitrogens with zero attached hydrogens (tertiary/aromatic N) is 5. The number of nitro groups is 1. The lowest BCUT2D eigenvalue weighted by Gasteiger charge is -2.04. The fourth-order valence-electron chi connectivity index (χ4n) is 1.61. The molecular weight excluding hydrogens is 248 g/mol. The molecule has 0 aliphatic carbocycles. The molecule has 0 bridgehead atoms.